The number of urea groups is 1. The number of amides is 3. The van der Waals surface area contributed by atoms with Crippen LogP contribution in [0.4, 0.5) is 4.79 Å². The summed E-state index contributed by atoms with van der Waals surface area (Å²) in [7, 11) is 0. The highest BCUT2D eigenvalue weighted by Gasteiger charge is 2.25. The minimum atomic E-state index is -1.21. The van der Waals surface area contributed by atoms with Crippen LogP contribution in [0.1, 0.15) is 51.4 Å². The van der Waals surface area contributed by atoms with Crippen LogP contribution in [0.15, 0.2) is 0 Å². The zero-order chi connectivity index (χ0) is 34.7. The van der Waals surface area contributed by atoms with Gasteiger partial charge in [0.25, 0.3) is 0 Å². The molecule has 0 rings (SSSR count). The monoisotopic (exact) mass is 661 g/mol. The molecule has 17 nitrogen and oxygen atoms in total. The molecule has 0 aliphatic carbocycles. The van der Waals surface area contributed by atoms with Gasteiger partial charge in [0.15, 0.2) is 0 Å². The molecule has 0 spiro atoms. The van der Waals surface area contributed by atoms with Gasteiger partial charge in [-0.15, -0.1) is 0 Å². The summed E-state index contributed by atoms with van der Waals surface area (Å²) in [5.74, 6) is -3.75. The number of rotatable bonds is 30. The number of carbonyl (C=O) groups is 5. The van der Waals surface area contributed by atoms with E-state index in [1.54, 1.807) is 9.80 Å². The van der Waals surface area contributed by atoms with E-state index in [1.807, 2.05) is 0 Å². The van der Waals surface area contributed by atoms with Gasteiger partial charge in [-0.1, -0.05) is 0 Å². The Kier molecular flexibility index (Phi) is 25.2. The Bertz CT molecular complexity index is 864. The number of carboxylic acid groups (broad SMARTS) is 3. The number of unbranched alkanes of at least 4 members (excludes halogenated alkanes) is 4. The molecule has 0 bridgehead atoms. The number of hydrogen-bond donors (Lipinski definition) is 7. The molecule has 0 aromatic rings. The zero-order valence-electron chi connectivity index (χ0n) is 27.4. The third kappa shape index (κ3) is 21.6. The van der Waals surface area contributed by atoms with Crippen molar-refractivity contribution in [2.24, 2.45) is 22.9 Å². The topological polar surface area (TPSA) is 266 Å². The van der Waals surface area contributed by atoms with Crippen molar-refractivity contribution >= 4 is 29.8 Å². The second-order valence-corrected chi connectivity index (χ2v) is 11.2. The van der Waals surface area contributed by atoms with Crippen molar-refractivity contribution < 1.29 is 39.3 Å². The van der Waals surface area contributed by atoms with Gasteiger partial charge >= 0.3 is 23.9 Å². The van der Waals surface area contributed by atoms with Crippen LogP contribution in [0.5, 0.6) is 0 Å². The molecule has 0 unspecified atom stereocenters. The van der Waals surface area contributed by atoms with Crippen LogP contribution in [0.3, 0.4) is 0 Å². The first kappa shape index (κ1) is 42.9. The summed E-state index contributed by atoms with van der Waals surface area (Å²) in [6, 6.07) is -0.478. The first-order chi connectivity index (χ1) is 22.0. The minimum Gasteiger partial charge on any atom is -0.480 e. The van der Waals surface area contributed by atoms with Gasteiger partial charge in [-0.05, 0) is 77.5 Å². The van der Waals surface area contributed by atoms with Crippen molar-refractivity contribution in [3.05, 3.63) is 0 Å². The number of carboxylic acids is 3. The Labute approximate surface area is 272 Å². The predicted molar refractivity (Wildman–Crippen MR) is 174 cm³/mol. The Morgan fingerprint density at radius 3 is 1.17 bits per heavy atom. The van der Waals surface area contributed by atoms with Gasteiger partial charge in [0.1, 0.15) is 6.54 Å². The predicted octanol–water partition coefficient (Wildman–Crippen LogP) is -1.65. The fourth-order valence-electron chi connectivity index (χ4n) is 4.76. The quantitative estimate of drug-likeness (QED) is 0.0426. The van der Waals surface area contributed by atoms with Crippen molar-refractivity contribution in [3.8, 4) is 0 Å². The van der Waals surface area contributed by atoms with Gasteiger partial charge in [0.2, 0.25) is 5.91 Å². The highest BCUT2D eigenvalue weighted by atomic mass is 16.4. The first-order valence-corrected chi connectivity index (χ1v) is 16.2. The highest BCUT2D eigenvalue weighted by molar-refractivity contribution is 5.80. The summed E-state index contributed by atoms with van der Waals surface area (Å²) >= 11 is 0. The summed E-state index contributed by atoms with van der Waals surface area (Å²) < 4.78 is 0. The summed E-state index contributed by atoms with van der Waals surface area (Å²) in [5.41, 5.74) is 22.4. The lowest BCUT2D eigenvalue weighted by atomic mass is 10.2. The van der Waals surface area contributed by atoms with Crippen LogP contribution >= 0.6 is 0 Å². The molecule has 268 valence electrons. The summed E-state index contributed by atoms with van der Waals surface area (Å²) in [6.45, 7) is 2.10. The van der Waals surface area contributed by atoms with Gasteiger partial charge < -0.3 is 53.0 Å². The molecule has 0 saturated heterocycles. The number of nitrogens with zero attached hydrogens (tertiary/aromatic N) is 5. The van der Waals surface area contributed by atoms with E-state index in [-0.39, 0.29) is 38.6 Å². The first-order valence-electron chi connectivity index (χ1n) is 16.2. The summed E-state index contributed by atoms with van der Waals surface area (Å²) in [5, 5.41) is 28.6. The molecule has 46 heavy (non-hydrogen) atoms. The van der Waals surface area contributed by atoms with Crippen LogP contribution in [-0.4, -0.2) is 174 Å². The molecule has 0 radical (unpaired) electrons. The van der Waals surface area contributed by atoms with Crippen LogP contribution in [0, 0.1) is 0 Å². The Morgan fingerprint density at radius 1 is 0.391 bits per heavy atom. The van der Waals surface area contributed by atoms with Gasteiger partial charge in [0, 0.05) is 52.4 Å². The largest absolute Gasteiger partial charge is 0.480 e. The third-order valence-corrected chi connectivity index (χ3v) is 7.24. The van der Waals surface area contributed by atoms with E-state index in [1.165, 1.54) is 14.7 Å². The van der Waals surface area contributed by atoms with E-state index in [0.717, 1.165) is 12.8 Å². The Balaban J connectivity index is 5.67. The van der Waals surface area contributed by atoms with Gasteiger partial charge in [-0.25, -0.2) is 4.79 Å². The van der Waals surface area contributed by atoms with Crippen molar-refractivity contribution in [2.45, 2.75) is 51.4 Å². The number of carbonyl (C=O) groups excluding carboxylic acids is 2. The summed E-state index contributed by atoms with van der Waals surface area (Å²) in [4.78, 5) is 68.9. The SMILES string of the molecule is NCCCCN(CCCCN)C(=O)CN(CCN(CCN(CC(=O)O)C(=O)N(CCCCN)CCCCN)CC(=O)O)CC(=O)O. The van der Waals surface area contributed by atoms with E-state index >= 15 is 0 Å². The Hall–Kier alpha value is -3.09. The number of nitrogens with two attached hydrogens (primary N) is 4. The van der Waals surface area contributed by atoms with Crippen LogP contribution in [0.2, 0.25) is 0 Å². The average molecular weight is 662 g/mol. The normalized spacial score (nSPS) is 11.2. The van der Waals surface area contributed by atoms with E-state index in [9.17, 15) is 39.3 Å². The van der Waals surface area contributed by atoms with E-state index in [0.29, 0.717) is 90.9 Å². The molecule has 17 heteroatoms. The third-order valence-electron chi connectivity index (χ3n) is 7.24. The lowest BCUT2D eigenvalue weighted by Crippen LogP contribution is -2.50. The second-order valence-electron chi connectivity index (χ2n) is 11.2. The van der Waals surface area contributed by atoms with Crippen LogP contribution < -0.4 is 22.9 Å². The molecule has 0 aromatic carbocycles. The average Bonchev–Trinajstić information content (AvgIpc) is 2.99. The molecular weight excluding hydrogens is 602 g/mol. The lowest BCUT2D eigenvalue weighted by Gasteiger charge is -2.32. The number of aliphatic carboxylic acids is 3. The number of hydrogen-bond acceptors (Lipinski definition) is 11. The maximum absolute atomic E-state index is 13.4. The molecule has 3 amide bonds. The molecule has 0 aliphatic heterocycles. The highest BCUT2D eigenvalue weighted by Crippen LogP contribution is 2.07. The Morgan fingerprint density at radius 2 is 0.761 bits per heavy atom. The van der Waals surface area contributed by atoms with Gasteiger partial charge in [-0.3, -0.25) is 29.0 Å². The molecule has 0 aliphatic rings. The molecule has 0 saturated carbocycles. The smallest absolute Gasteiger partial charge is 0.323 e. The van der Waals surface area contributed by atoms with Crippen molar-refractivity contribution in [3.63, 3.8) is 0 Å². The molecule has 0 fully saturated rings. The lowest BCUT2D eigenvalue weighted by molar-refractivity contribution is -0.141. The van der Waals surface area contributed by atoms with Crippen molar-refractivity contribution in [2.75, 3.05) is 105 Å². The van der Waals surface area contributed by atoms with Gasteiger partial charge in [-0.2, -0.15) is 0 Å². The van der Waals surface area contributed by atoms with Crippen molar-refractivity contribution in [1.82, 2.24) is 24.5 Å². The maximum atomic E-state index is 13.4. The fourth-order valence-corrected chi connectivity index (χ4v) is 4.76. The molecular formula is C29H59N9O8. The molecule has 11 N–H and O–H groups in total. The molecule has 0 heterocycles. The van der Waals surface area contributed by atoms with E-state index in [2.05, 4.69) is 0 Å². The zero-order valence-corrected chi connectivity index (χ0v) is 27.4. The standard InChI is InChI=1S/C29H59N9O8/c30-9-1-5-13-36(14-6-2-10-31)25(39)21-35(23-27(42)43)18-17-34(22-26(40)41)19-20-38(24-28(44)45)29(46)37(15-7-3-11-32)16-8-4-12-33/h1-24,30-33H2,(H,40,41)(H,42,43)(H,44,45). The fraction of sp³-hybridized carbons (Fsp3) is 0.828. The molecule has 0 atom stereocenters. The van der Waals surface area contributed by atoms with E-state index < -0.39 is 43.6 Å². The minimum absolute atomic E-state index is 0.0178. The van der Waals surface area contributed by atoms with E-state index in [4.69, 9.17) is 22.9 Å². The van der Waals surface area contributed by atoms with Gasteiger partial charge in [0.05, 0.1) is 19.6 Å². The van der Waals surface area contributed by atoms with Crippen LogP contribution in [0.25, 0.3) is 0 Å². The van der Waals surface area contributed by atoms with Crippen LogP contribution in [-0.2, 0) is 19.2 Å². The molecule has 0 aromatic heterocycles. The second kappa shape index (κ2) is 27.1. The van der Waals surface area contributed by atoms with Crippen molar-refractivity contribution in [1.29, 1.82) is 0 Å². The summed E-state index contributed by atoms with van der Waals surface area (Å²) in [6.07, 6.45) is 5.58. The maximum Gasteiger partial charge on any atom is 0.323 e.